The summed E-state index contributed by atoms with van der Waals surface area (Å²) in [4.78, 5) is 39.3. The quantitative estimate of drug-likeness (QED) is 0.398. The number of β-lactam (4-membered cyclic amide) rings is 1. The van der Waals surface area contributed by atoms with Crippen LogP contribution in [0.3, 0.4) is 0 Å². The molecular formula is C13H13N4O4S+. The summed E-state index contributed by atoms with van der Waals surface area (Å²) in [6.45, 7) is 0.374. The number of aliphatic carboxylic acids is 1. The molecule has 3 rings (SSSR count). The minimum absolute atomic E-state index is 0.0158. The van der Waals surface area contributed by atoms with Crippen molar-refractivity contribution in [1.82, 2.24) is 15.2 Å². The van der Waals surface area contributed by atoms with Crippen LogP contribution >= 0.6 is 11.8 Å². The fourth-order valence-corrected chi connectivity index (χ4v) is 3.92. The first kappa shape index (κ1) is 14.5. The van der Waals surface area contributed by atoms with Crippen LogP contribution < -0.4 is 9.88 Å². The summed E-state index contributed by atoms with van der Waals surface area (Å²) >= 11 is 1.45. The molecule has 0 spiro atoms. The number of rotatable bonds is 5. The van der Waals surface area contributed by atoms with Crippen LogP contribution in [0.1, 0.15) is 0 Å². The normalized spacial score (nSPS) is 23.6. The average Bonchev–Trinajstić information content (AvgIpc) is 2.53. The zero-order valence-electron chi connectivity index (χ0n) is 11.4. The molecule has 0 bridgehead atoms. The van der Waals surface area contributed by atoms with Gasteiger partial charge in [0.25, 0.3) is 5.91 Å². The van der Waals surface area contributed by atoms with Crippen LogP contribution in [0.15, 0.2) is 36.1 Å². The molecule has 0 aromatic carbocycles. The van der Waals surface area contributed by atoms with Crippen molar-refractivity contribution in [2.24, 2.45) is 0 Å². The van der Waals surface area contributed by atoms with Crippen LogP contribution in [0, 0.1) is 0 Å². The van der Waals surface area contributed by atoms with Crippen molar-refractivity contribution in [2.45, 2.75) is 18.0 Å². The Kier molecular flexibility index (Phi) is 3.80. The molecule has 3 heterocycles. The number of nitrogens with one attached hydrogen (secondary N) is 1. The number of carboxylic acid groups (broad SMARTS) is 1. The van der Waals surface area contributed by atoms with Gasteiger partial charge in [0.2, 0.25) is 6.41 Å². The van der Waals surface area contributed by atoms with Gasteiger partial charge in [0.05, 0.1) is 12.4 Å². The Balaban J connectivity index is 1.90. The van der Waals surface area contributed by atoms with Crippen LogP contribution in [0.4, 0.5) is 0 Å². The Morgan fingerprint density at radius 3 is 2.91 bits per heavy atom. The van der Waals surface area contributed by atoms with E-state index in [1.54, 1.807) is 29.4 Å². The van der Waals surface area contributed by atoms with E-state index < -0.39 is 12.0 Å². The van der Waals surface area contributed by atoms with Crippen LogP contribution in [0.2, 0.25) is 0 Å². The lowest BCUT2D eigenvalue weighted by Crippen LogP contribution is -2.69. The van der Waals surface area contributed by atoms with Gasteiger partial charge >= 0.3 is 5.97 Å². The second kappa shape index (κ2) is 5.76. The zero-order chi connectivity index (χ0) is 15.7. The lowest BCUT2D eigenvalue weighted by molar-refractivity contribution is -0.689. The van der Waals surface area contributed by atoms with Crippen molar-refractivity contribution in [3.05, 3.63) is 36.1 Å². The van der Waals surface area contributed by atoms with Crippen LogP contribution in [0.5, 0.6) is 0 Å². The van der Waals surface area contributed by atoms with Crippen molar-refractivity contribution in [1.29, 1.82) is 0 Å². The predicted molar refractivity (Wildman–Crippen MR) is 75.2 cm³/mol. The molecule has 9 heteroatoms. The fraction of sp³-hybridized carbons (Fsp3) is 0.308. The summed E-state index contributed by atoms with van der Waals surface area (Å²) in [5.41, 5.74) is 0.671. The fourth-order valence-electron chi connectivity index (χ4n) is 2.57. The second-order valence-electron chi connectivity index (χ2n) is 4.85. The van der Waals surface area contributed by atoms with Crippen LogP contribution in [-0.2, 0) is 20.9 Å². The maximum atomic E-state index is 12.1. The van der Waals surface area contributed by atoms with Gasteiger partial charge in [0.15, 0.2) is 18.9 Å². The van der Waals surface area contributed by atoms with E-state index in [2.05, 4.69) is 10.3 Å². The Bertz CT molecular complexity index is 663. The summed E-state index contributed by atoms with van der Waals surface area (Å²) in [7, 11) is 0. The van der Waals surface area contributed by atoms with E-state index in [0.29, 0.717) is 24.3 Å². The van der Waals surface area contributed by atoms with Crippen molar-refractivity contribution in [3.63, 3.8) is 0 Å². The molecule has 2 amide bonds. The van der Waals surface area contributed by atoms with Crippen molar-refractivity contribution >= 4 is 30.0 Å². The lowest BCUT2D eigenvalue weighted by atomic mass is 10.0. The number of aromatic nitrogens is 2. The largest absolute Gasteiger partial charge is 0.477 e. The van der Waals surface area contributed by atoms with E-state index in [9.17, 15) is 19.5 Å². The molecule has 8 nitrogen and oxygen atoms in total. The van der Waals surface area contributed by atoms with Crippen molar-refractivity contribution in [3.8, 4) is 0 Å². The van der Waals surface area contributed by atoms with Gasteiger partial charge in [-0.25, -0.2) is 4.79 Å². The topological polar surface area (TPSA) is 103 Å². The third-order valence-electron chi connectivity index (χ3n) is 3.56. The molecule has 0 saturated carbocycles. The number of fused-ring (bicyclic) bond motifs is 1. The van der Waals surface area contributed by atoms with Crippen LogP contribution in [0.25, 0.3) is 0 Å². The first-order valence-corrected chi connectivity index (χ1v) is 7.57. The highest BCUT2D eigenvalue weighted by atomic mass is 32.2. The van der Waals surface area contributed by atoms with Gasteiger partial charge in [0, 0.05) is 11.3 Å². The summed E-state index contributed by atoms with van der Waals surface area (Å²) in [6, 6.07) is -0.646. The molecule has 114 valence electrons. The van der Waals surface area contributed by atoms with E-state index in [1.807, 2.05) is 0 Å². The second-order valence-corrected chi connectivity index (χ2v) is 5.95. The molecule has 1 saturated heterocycles. The molecule has 1 unspecified atom stereocenters. The standard InChI is InChI=1S/C13H12N4O4S/c18-7-15-9-11(19)17-10(13(20)21)8(6-22-12(9)17)5-16-3-1-14-2-4-16/h1-4,7,9,12H,5-6H2,(H-,15,18,20,21)/p+1/t9?,12-/m1/s1. The van der Waals surface area contributed by atoms with Gasteiger partial charge < -0.3 is 10.4 Å². The van der Waals surface area contributed by atoms with Crippen LogP contribution in [-0.4, -0.2) is 50.4 Å². The Morgan fingerprint density at radius 1 is 1.55 bits per heavy atom. The van der Waals surface area contributed by atoms with Crippen molar-refractivity contribution < 1.29 is 24.1 Å². The van der Waals surface area contributed by atoms with E-state index in [1.165, 1.54) is 16.7 Å². The molecule has 0 radical (unpaired) electrons. The number of nitrogens with zero attached hydrogens (tertiary/aromatic N) is 3. The van der Waals surface area contributed by atoms with Gasteiger partial charge in [-0.3, -0.25) is 19.5 Å². The van der Waals surface area contributed by atoms with E-state index in [4.69, 9.17) is 0 Å². The van der Waals surface area contributed by atoms with E-state index in [0.717, 1.165) is 0 Å². The van der Waals surface area contributed by atoms with Gasteiger partial charge in [-0.05, 0) is 0 Å². The first-order chi connectivity index (χ1) is 10.6. The average molecular weight is 321 g/mol. The van der Waals surface area contributed by atoms with Gasteiger partial charge in [-0.15, -0.1) is 11.8 Å². The highest BCUT2D eigenvalue weighted by molar-refractivity contribution is 8.00. The molecule has 1 aromatic heterocycles. The highest BCUT2D eigenvalue weighted by Crippen LogP contribution is 2.40. The number of carbonyl (C=O) groups excluding carboxylic acids is 2. The molecule has 2 aliphatic rings. The maximum Gasteiger partial charge on any atom is 0.352 e. The number of hydrogen-bond donors (Lipinski definition) is 2. The Labute approximate surface area is 129 Å². The molecule has 2 aliphatic heterocycles. The van der Waals surface area contributed by atoms with Gasteiger partial charge in [-0.2, -0.15) is 4.57 Å². The monoisotopic (exact) mass is 321 g/mol. The molecule has 1 aromatic rings. The van der Waals surface area contributed by atoms with E-state index >= 15 is 0 Å². The Morgan fingerprint density at radius 2 is 2.27 bits per heavy atom. The Hall–Kier alpha value is -2.42. The minimum Gasteiger partial charge on any atom is -0.477 e. The molecule has 1 fully saturated rings. The molecule has 2 atom stereocenters. The van der Waals surface area contributed by atoms with Gasteiger partial charge in [-0.1, -0.05) is 0 Å². The summed E-state index contributed by atoms with van der Waals surface area (Å²) in [6.07, 6.45) is 7.15. The minimum atomic E-state index is -1.13. The summed E-state index contributed by atoms with van der Waals surface area (Å²) in [5, 5.41) is 11.6. The smallest absolute Gasteiger partial charge is 0.352 e. The zero-order valence-corrected chi connectivity index (χ0v) is 12.2. The number of amides is 2. The maximum absolute atomic E-state index is 12.1. The number of hydrogen-bond acceptors (Lipinski definition) is 5. The summed E-state index contributed by atoms with van der Waals surface area (Å²) < 4.78 is 1.80. The SMILES string of the molecule is O=CNC1C(=O)N2C(C(=O)O)=C(C[n+]3ccncc3)CS[C@H]12. The molecule has 2 N–H and O–H groups in total. The number of thioether (sulfide) groups is 1. The lowest BCUT2D eigenvalue weighted by Gasteiger charge is -2.48. The van der Waals surface area contributed by atoms with E-state index in [-0.39, 0.29) is 17.0 Å². The molecular weight excluding hydrogens is 308 g/mol. The third-order valence-corrected chi connectivity index (χ3v) is 4.90. The van der Waals surface area contributed by atoms with Crippen molar-refractivity contribution in [2.75, 3.05) is 5.75 Å². The number of carbonyl (C=O) groups is 3. The van der Waals surface area contributed by atoms with Gasteiger partial charge in [0.1, 0.15) is 17.1 Å². The predicted octanol–water partition coefficient (Wildman–Crippen LogP) is -1.26. The third kappa shape index (κ3) is 2.33. The molecule has 0 aliphatic carbocycles. The first-order valence-electron chi connectivity index (χ1n) is 6.52. The summed E-state index contributed by atoms with van der Waals surface area (Å²) in [5.74, 6) is -1.03. The number of carboxylic acids is 1. The molecule has 22 heavy (non-hydrogen) atoms. The highest BCUT2D eigenvalue weighted by Gasteiger charge is 2.53.